The average Bonchev–Trinajstić information content (AvgIpc) is 2.74. The molecule has 0 saturated carbocycles. The van der Waals surface area contributed by atoms with Gasteiger partial charge < -0.3 is 13.7 Å². The summed E-state index contributed by atoms with van der Waals surface area (Å²) in [6.07, 6.45) is 3.89. The Labute approximate surface area is 127 Å². The highest BCUT2D eigenvalue weighted by molar-refractivity contribution is 7.12. The summed E-state index contributed by atoms with van der Waals surface area (Å²) in [6, 6.07) is 14.5. The Morgan fingerprint density at radius 1 is 0.905 bits per heavy atom. The van der Waals surface area contributed by atoms with Gasteiger partial charge in [-0.3, -0.25) is 0 Å². The van der Waals surface area contributed by atoms with E-state index in [2.05, 4.69) is 27.5 Å². The van der Waals surface area contributed by atoms with Crippen LogP contribution in [0.3, 0.4) is 0 Å². The Morgan fingerprint density at radius 3 is 2.62 bits per heavy atom. The maximum Gasteiger partial charge on any atom is 0.153 e. The monoisotopic (exact) mass is 298 g/mol. The molecule has 1 aromatic heterocycles. The number of aromatic nitrogens is 1. The SMILES string of the molecule is c1ccc2s[nH]c3c(N4CCCCC4)cccc3oc2c1. The van der Waals surface area contributed by atoms with Crippen LogP contribution in [-0.2, 0) is 0 Å². The lowest BCUT2D eigenvalue weighted by atomic mass is 10.1. The van der Waals surface area contributed by atoms with Crippen LogP contribution in [0.15, 0.2) is 46.9 Å². The zero-order valence-electron chi connectivity index (χ0n) is 11.8. The third-order valence-corrected chi connectivity index (χ3v) is 4.90. The van der Waals surface area contributed by atoms with Gasteiger partial charge in [-0.25, -0.2) is 0 Å². The average molecular weight is 298 g/mol. The predicted octanol–water partition coefficient (Wildman–Crippen LogP) is 5.09. The Kier molecular flexibility index (Phi) is 3.31. The van der Waals surface area contributed by atoms with E-state index in [1.165, 1.54) is 24.9 Å². The molecule has 2 heterocycles. The van der Waals surface area contributed by atoms with Gasteiger partial charge in [0.1, 0.15) is 11.1 Å². The quantitative estimate of drug-likeness (QED) is 0.678. The van der Waals surface area contributed by atoms with Crippen molar-refractivity contribution in [3.63, 3.8) is 0 Å². The maximum atomic E-state index is 6.12. The van der Waals surface area contributed by atoms with Crippen LogP contribution in [0.25, 0.3) is 21.4 Å². The molecule has 2 aromatic carbocycles. The molecular weight excluding hydrogens is 280 g/mol. The van der Waals surface area contributed by atoms with E-state index in [-0.39, 0.29) is 0 Å². The van der Waals surface area contributed by atoms with Crippen LogP contribution in [0.4, 0.5) is 5.69 Å². The zero-order valence-corrected chi connectivity index (χ0v) is 12.7. The van der Waals surface area contributed by atoms with Crippen molar-refractivity contribution in [2.24, 2.45) is 0 Å². The van der Waals surface area contributed by atoms with Crippen LogP contribution in [0.1, 0.15) is 19.3 Å². The fourth-order valence-electron chi connectivity index (χ4n) is 2.95. The highest BCUT2D eigenvalue weighted by Gasteiger charge is 2.14. The molecule has 4 rings (SSSR count). The molecule has 0 spiro atoms. The lowest BCUT2D eigenvalue weighted by Gasteiger charge is -2.29. The second kappa shape index (κ2) is 5.45. The van der Waals surface area contributed by atoms with Gasteiger partial charge in [0.25, 0.3) is 0 Å². The summed E-state index contributed by atoms with van der Waals surface area (Å²) < 4.78 is 10.7. The minimum absolute atomic E-state index is 0.913. The van der Waals surface area contributed by atoms with E-state index in [9.17, 15) is 0 Å². The van der Waals surface area contributed by atoms with Crippen molar-refractivity contribution in [2.75, 3.05) is 18.0 Å². The fraction of sp³-hybridized carbons (Fsp3) is 0.294. The van der Waals surface area contributed by atoms with Crippen LogP contribution >= 0.6 is 11.5 Å². The lowest BCUT2D eigenvalue weighted by molar-refractivity contribution is 0.578. The van der Waals surface area contributed by atoms with E-state index in [4.69, 9.17) is 4.42 Å². The third kappa shape index (κ3) is 2.40. The number of aromatic amines is 1. The number of fused-ring (bicyclic) bond motifs is 2. The molecule has 1 aliphatic heterocycles. The molecule has 1 N–H and O–H groups in total. The van der Waals surface area contributed by atoms with Crippen molar-refractivity contribution in [3.8, 4) is 0 Å². The number of nitrogens with zero attached hydrogens (tertiary/aromatic N) is 1. The van der Waals surface area contributed by atoms with E-state index < -0.39 is 0 Å². The van der Waals surface area contributed by atoms with Crippen molar-refractivity contribution in [1.29, 1.82) is 0 Å². The molecule has 21 heavy (non-hydrogen) atoms. The lowest BCUT2D eigenvalue weighted by Crippen LogP contribution is -2.29. The summed E-state index contributed by atoms with van der Waals surface area (Å²) in [6.45, 7) is 2.27. The normalized spacial score (nSPS) is 15.5. The van der Waals surface area contributed by atoms with Crippen LogP contribution < -0.4 is 4.90 Å². The Balaban J connectivity index is 1.96. The van der Waals surface area contributed by atoms with Gasteiger partial charge in [0.15, 0.2) is 5.58 Å². The topological polar surface area (TPSA) is 32.2 Å². The van der Waals surface area contributed by atoms with Gasteiger partial charge in [-0.2, -0.15) is 0 Å². The molecule has 1 fully saturated rings. The van der Waals surface area contributed by atoms with Crippen molar-refractivity contribution >= 4 is 38.6 Å². The molecule has 0 bridgehead atoms. The van der Waals surface area contributed by atoms with Gasteiger partial charge in [-0.15, -0.1) is 0 Å². The fourth-order valence-corrected chi connectivity index (χ4v) is 3.72. The standard InChI is InChI=1S/C17H18N2OS/c1-4-11-19(12-5-1)13-7-6-9-15-17(13)18-21-16-10-3-2-8-14(16)20-15/h2-3,6-10,18H,1,4-5,11-12H2. The molecule has 0 aliphatic carbocycles. The van der Waals surface area contributed by atoms with Gasteiger partial charge >= 0.3 is 0 Å². The molecule has 3 nitrogen and oxygen atoms in total. The Bertz CT molecular complexity index is 806. The van der Waals surface area contributed by atoms with Crippen LogP contribution in [0.5, 0.6) is 0 Å². The highest BCUT2D eigenvalue weighted by Crippen LogP contribution is 2.29. The summed E-state index contributed by atoms with van der Waals surface area (Å²) in [4.78, 5) is 2.47. The summed E-state index contributed by atoms with van der Waals surface area (Å²) >= 11 is 1.63. The largest absolute Gasteiger partial charge is 0.454 e. The predicted molar refractivity (Wildman–Crippen MR) is 89.6 cm³/mol. The molecule has 0 radical (unpaired) electrons. The first-order valence-corrected chi connectivity index (χ1v) is 8.31. The molecule has 0 amide bonds. The van der Waals surface area contributed by atoms with Crippen molar-refractivity contribution in [2.45, 2.75) is 19.3 Å². The van der Waals surface area contributed by atoms with Gasteiger partial charge in [0.05, 0.1) is 10.4 Å². The Hall–Kier alpha value is -1.94. The second-order valence-electron chi connectivity index (χ2n) is 5.45. The summed E-state index contributed by atoms with van der Waals surface area (Å²) in [5.74, 6) is 0. The van der Waals surface area contributed by atoms with Crippen molar-refractivity contribution in [3.05, 3.63) is 42.5 Å². The molecule has 0 atom stereocenters. The summed E-state index contributed by atoms with van der Waals surface area (Å²) in [5, 5.41) is 0. The van der Waals surface area contributed by atoms with Gasteiger partial charge in [0, 0.05) is 13.1 Å². The Morgan fingerprint density at radius 2 is 1.71 bits per heavy atom. The van der Waals surface area contributed by atoms with Crippen LogP contribution in [0, 0.1) is 0 Å². The first-order chi connectivity index (χ1) is 10.4. The van der Waals surface area contributed by atoms with Crippen LogP contribution in [-0.4, -0.2) is 17.5 Å². The van der Waals surface area contributed by atoms with Gasteiger partial charge in [-0.1, -0.05) is 29.7 Å². The molecule has 3 aromatic rings. The number of anilines is 1. The number of H-pyrrole nitrogens is 1. The maximum absolute atomic E-state index is 6.12. The minimum Gasteiger partial charge on any atom is -0.454 e. The highest BCUT2D eigenvalue weighted by atomic mass is 32.1. The van der Waals surface area contributed by atoms with Gasteiger partial charge in [0.2, 0.25) is 0 Å². The molecule has 1 saturated heterocycles. The second-order valence-corrected chi connectivity index (χ2v) is 6.30. The van der Waals surface area contributed by atoms with E-state index in [0.717, 1.165) is 34.5 Å². The van der Waals surface area contributed by atoms with Crippen LogP contribution in [0.2, 0.25) is 0 Å². The molecule has 4 heteroatoms. The number of hydrogen-bond donors (Lipinski definition) is 1. The van der Waals surface area contributed by atoms with Crippen molar-refractivity contribution < 1.29 is 4.42 Å². The third-order valence-electron chi connectivity index (χ3n) is 4.03. The van der Waals surface area contributed by atoms with E-state index in [1.807, 2.05) is 24.3 Å². The molecule has 108 valence electrons. The number of piperidine rings is 1. The molecule has 1 aliphatic rings. The zero-order chi connectivity index (χ0) is 14.1. The van der Waals surface area contributed by atoms with E-state index in [0.29, 0.717) is 0 Å². The van der Waals surface area contributed by atoms with Crippen molar-refractivity contribution in [1.82, 2.24) is 4.37 Å². The minimum atomic E-state index is 0.913. The molecular formula is C17H18N2OS. The number of para-hydroxylation sites is 2. The first-order valence-electron chi connectivity index (χ1n) is 7.49. The van der Waals surface area contributed by atoms with Gasteiger partial charge in [-0.05, 0) is 43.5 Å². The first kappa shape index (κ1) is 12.8. The number of nitrogens with one attached hydrogen (secondary N) is 1. The molecule has 0 unspecified atom stereocenters. The number of rotatable bonds is 1. The van der Waals surface area contributed by atoms with E-state index in [1.54, 1.807) is 11.5 Å². The summed E-state index contributed by atoms with van der Waals surface area (Å²) in [5.41, 5.74) is 4.19. The number of hydrogen-bond acceptors (Lipinski definition) is 3. The summed E-state index contributed by atoms with van der Waals surface area (Å²) in [7, 11) is 0. The number of benzene rings is 2. The smallest absolute Gasteiger partial charge is 0.153 e. The van der Waals surface area contributed by atoms with E-state index >= 15 is 0 Å².